The Morgan fingerprint density at radius 2 is 2.23 bits per heavy atom. The molecule has 0 amide bonds. The SMILES string of the molecule is CCc1nc(-c2nnn(C)c2CN=[N+]=[N-])ccc1CN1CC(C(=O)OC)CC(F)(F)C1. The Morgan fingerprint density at radius 1 is 1.45 bits per heavy atom. The molecule has 0 bridgehead atoms. The van der Waals surface area contributed by atoms with E-state index in [4.69, 9.17) is 5.53 Å². The highest BCUT2D eigenvalue weighted by Gasteiger charge is 2.43. The second-order valence-corrected chi connectivity index (χ2v) is 7.50. The minimum absolute atomic E-state index is 0.0813. The number of alkyl halides is 2. The monoisotopic (exact) mass is 434 g/mol. The molecule has 166 valence electrons. The van der Waals surface area contributed by atoms with Crippen molar-refractivity contribution in [2.75, 3.05) is 20.2 Å². The average Bonchev–Trinajstić information content (AvgIpc) is 3.11. The number of hydrogen-bond acceptors (Lipinski definition) is 7. The minimum Gasteiger partial charge on any atom is -0.469 e. The van der Waals surface area contributed by atoms with Crippen molar-refractivity contribution in [1.82, 2.24) is 24.9 Å². The number of rotatable bonds is 7. The fourth-order valence-electron chi connectivity index (χ4n) is 3.84. The number of nitrogens with zero attached hydrogens (tertiary/aromatic N) is 8. The van der Waals surface area contributed by atoms with Gasteiger partial charge in [-0.15, -0.1) is 5.10 Å². The van der Waals surface area contributed by atoms with Gasteiger partial charge in [-0.05, 0) is 23.6 Å². The van der Waals surface area contributed by atoms with E-state index >= 15 is 0 Å². The van der Waals surface area contributed by atoms with E-state index in [1.807, 2.05) is 13.0 Å². The largest absolute Gasteiger partial charge is 0.469 e. The van der Waals surface area contributed by atoms with Crippen LogP contribution in [0.3, 0.4) is 0 Å². The van der Waals surface area contributed by atoms with Gasteiger partial charge in [0, 0.05) is 37.2 Å². The molecule has 10 nitrogen and oxygen atoms in total. The van der Waals surface area contributed by atoms with E-state index in [9.17, 15) is 13.6 Å². The smallest absolute Gasteiger partial charge is 0.310 e. The van der Waals surface area contributed by atoms with Gasteiger partial charge in [0.25, 0.3) is 5.92 Å². The number of halogens is 2. The Labute approximate surface area is 177 Å². The number of pyridine rings is 1. The van der Waals surface area contributed by atoms with Gasteiger partial charge >= 0.3 is 5.97 Å². The van der Waals surface area contributed by atoms with Crippen molar-refractivity contribution in [3.05, 3.63) is 39.5 Å². The van der Waals surface area contributed by atoms with Gasteiger partial charge < -0.3 is 4.74 Å². The number of carbonyl (C=O) groups is 1. The molecule has 3 rings (SSSR count). The van der Waals surface area contributed by atoms with Crippen LogP contribution < -0.4 is 0 Å². The summed E-state index contributed by atoms with van der Waals surface area (Å²) in [6.07, 6.45) is 0.0778. The van der Waals surface area contributed by atoms with E-state index in [1.165, 1.54) is 11.8 Å². The van der Waals surface area contributed by atoms with Crippen LogP contribution in [0.5, 0.6) is 0 Å². The molecule has 1 aliphatic heterocycles. The lowest BCUT2D eigenvalue weighted by molar-refractivity contribution is -0.157. The number of aromatic nitrogens is 4. The summed E-state index contributed by atoms with van der Waals surface area (Å²) >= 11 is 0. The Bertz CT molecular complexity index is 1000. The highest BCUT2D eigenvalue weighted by molar-refractivity contribution is 5.72. The molecule has 1 saturated heterocycles. The molecule has 31 heavy (non-hydrogen) atoms. The van der Waals surface area contributed by atoms with Crippen LogP contribution in [0.4, 0.5) is 8.78 Å². The molecule has 0 aliphatic carbocycles. The van der Waals surface area contributed by atoms with E-state index < -0.39 is 30.8 Å². The van der Waals surface area contributed by atoms with Crippen molar-refractivity contribution in [3.8, 4) is 11.4 Å². The molecule has 1 unspecified atom stereocenters. The summed E-state index contributed by atoms with van der Waals surface area (Å²) in [5.74, 6) is -4.45. The number of carbonyl (C=O) groups excluding carboxylic acids is 1. The number of piperidine rings is 1. The normalized spacial score (nSPS) is 18.4. The molecule has 0 spiro atoms. The van der Waals surface area contributed by atoms with Crippen molar-refractivity contribution in [3.63, 3.8) is 0 Å². The second-order valence-electron chi connectivity index (χ2n) is 7.50. The van der Waals surface area contributed by atoms with Crippen LogP contribution in [-0.2, 0) is 36.1 Å². The standard InChI is InChI=1S/C19H24F2N8O2/c1-4-14-12(9-29-10-13(18(30)31-3)7-19(20,21)11-29)5-6-15(24-14)17-16(8-23-26-22)28(2)27-25-17/h5-6,13H,4,7-11H2,1-3H3. The Kier molecular flexibility index (Phi) is 6.81. The number of hydrogen-bond donors (Lipinski definition) is 0. The molecule has 0 radical (unpaired) electrons. The number of methoxy groups -OCH3 is 1. The number of likely N-dealkylation sites (tertiary alicyclic amines) is 1. The third-order valence-corrected chi connectivity index (χ3v) is 5.28. The van der Waals surface area contributed by atoms with Crippen LogP contribution in [0, 0.1) is 5.92 Å². The van der Waals surface area contributed by atoms with E-state index in [2.05, 4.69) is 30.1 Å². The van der Waals surface area contributed by atoms with Crippen molar-refractivity contribution < 1.29 is 18.3 Å². The molecule has 0 aromatic carbocycles. The first-order chi connectivity index (χ1) is 14.8. The number of aryl methyl sites for hydroxylation is 2. The molecule has 2 aromatic heterocycles. The summed E-state index contributed by atoms with van der Waals surface area (Å²) in [7, 11) is 2.90. The summed E-state index contributed by atoms with van der Waals surface area (Å²) in [6, 6.07) is 3.57. The van der Waals surface area contributed by atoms with E-state index in [0.717, 1.165) is 11.3 Å². The number of esters is 1. The predicted octanol–water partition coefficient (Wildman–Crippen LogP) is 2.88. The summed E-state index contributed by atoms with van der Waals surface area (Å²) in [5, 5.41) is 11.7. The molecule has 0 N–H and O–H groups in total. The molecule has 1 aliphatic rings. The zero-order valence-corrected chi connectivity index (χ0v) is 17.6. The van der Waals surface area contributed by atoms with Gasteiger partial charge in [0.05, 0.1) is 37.5 Å². The van der Waals surface area contributed by atoms with Gasteiger partial charge in [-0.3, -0.25) is 19.4 Å². The van der Waals surface area contributed by atoms with E-state index in [-0.39, 0.29) is 19.6 Å². The maximum Gasteiger partial charge on any atom is 0.310 e. The van der Waals surface area contributed by atoms with Crippen LogP contribution in [-0.4, -0.2) is 57.0 Å². The lowest BCUT2D eigenvalue weighted by Gasteiger charge is -2.36. The zero-order valence-electron chi connectivity index (χ0n) is 17.6. The van der Waals surface area contributed by atoms with Crippen molar-refractivity contribution >= 4 is 5.97 Å². The lowest BCUT2D eigenvalue weighted by Crippen LogP contribution is -2.49. The van der Waals surface area contributed by atoms with Gasteiger partial charge in [0.15, 0.2) is 0 Å². The molecule has 1 atom stereocenters. The van der Waals surface area contributed by atoms with Crippen LogP contribution in [0.25, 0.3) is 21.8 Å². The van der Waals surface area contributed by atoms with Crippen LogP contribution in [0.1, 0.15) is 30.3 Å². The first-order valence-corrected chi connectivity index (χ1v) is 9.84. The third kappa shape index (κ3) is 5.15. The maximum atomic E-state index is 14.2. The minimum atomic E-state index is -2.97. The second kappa shape index (κ2) is 9.36. The van der Waals surface area contributed by atoms with E-state index in [0.29, 0.717) is 23.5 Å². The molecule has 2 aromatic rings. The van der Waals surface area contributed by atoms with Crippen LogP contribution in [0.2, 0.25) is 0 Å². The van der Waals surface area contributed by atoms with Gasteiger partial charge in [-0.2, -0.15) is 0 Å². The lowest BCUT2D eigenvalue weighted by atomic mass is 9.94. The fraction of sp³-hybridized carbons (Fsp3) is 0.579. The van der Waals surface area contributed by atoms with Crippen molar-refractivity contribution in [2.24, 2.45) is 18.1 Å². The molecule has 3 heterocycles. The summed E-state index contributed by atoms with van der Waals surface area (Å²) in [6.45, 7) is 2.03. The topological polar surface area (TPSA) is 122 Å². The summed E-state index contributed by atoms with van der Waals surface area (Å²) in [5.41, 5.74) is 11.8. The molecule has 1 fully saturated rings. The molecular formula is C19H24F2N8O2. The first kappa shape index (κ1) is 22.6. The maximum absolute atomic E-state index is 14.2. The Hall–Kier alpha value is -3.11. The Morgan fingerprint density at radius 3 is 2.90 bits per heavy atom. The molecule has 0 saturated carbocycles. The first-order valence-electron chi connectivity index (χ1n) is 9.84. The van der Waals surface area contributed by atoms with Crippen molar-refractivity contribution in [1.29, 1.82) is 0 Å². The molecule has 12 heteroatoms. The highest BCUT2D eigenvalue weighted by atomic mass is 19.3. The van der Waals surface area contributed by atoms with Gasteiger partial charge in [0.1, 0.15) is 5.69 Å². The summed E-state index contributed by atoms with van der Waals surface area (Å²) in [4.78, 5) is 20.8. The van der Waals surface area contributed by atoms with Crippen LogP contribution in [0.15, 0.2) is 17.2 Å². The quantitative estimate of drug-likeness (QED) is 0.286. The third-order valence-electron chi connectivity index (χ3n) is 5.28. The fourth-order valence-corrected chi connectivity index (χ4v) is 3.84. The van der Waals surface area contributed by atoms with E-state index in [1.54, 1.807) is 18.0 Å². The van der Waals surface area contributed by atoms with Crippen molar-refractivity contribution in [2.45, 2.75) is 38.8 Å². The average molecular weight is 434 g/mol. The number of azide groups is 1. The predicted molar refractivity (Wildman–Crippen MR) is 107 cm³/mol. The van der Waals surface area contributed by atoms with Gasteiger partial charge in [0.2, 0.25) is 0 Å². The number of ether oxygens (including phenoxy) is 1. The van der Waals surface area contributed by atoms with Crippen LogP contribution >= 0.6 is 0 Å². The van der Waals surface area contributed by atoms with Gasteiger partial charge in [-0.25, -0.2) is 8.78 Å². The zero-order chi connectivity index (χ0) is 22.6. The Balaban J connectivity index is 1.86. The molecular weight excluding hydrogens is 410 g/mol. The van der Waals surface area contributed by atoms with Gasteiger partial charge in [-0.1, -0.05) is 23.3 Å². The summed E-state index contributed by atoms with van der Waals surface area (Å²) < 4.78 is 34.6. The highest BCUT2D eigenvalue weighted by Crippen LogP contribution is 2.32.